The number of hydrogen-bond acceptors (Lipinski definition) is 2. The van der Waals surface area contributed by atoms with Crippen LogP contribution < -0.4 is 5.32 Å². The molecule has 1 heterocycles. The highest BCUT2D eigenvalue weighted by Crippen LogP contribution is 2.20. The minimum absolute atomic E-state index is 0.267. The molecule has 1 unspecified atom stereocenters. The Bertz CT molecular complexity index is 312. The summed E-state index contributed by atoms with van der Waals surface area (Å²) in [6, 6.07) is 7.69. The standard InChI is InChI=1S/C11H14ClNO/c12-10-4-2-1-3-8(10)5-11(14)9-6-13-7-9/h1-4,9,11,13-14H,5-7H2. The molecule has 0 radical (unpaired) electrons. The molecule has 0 saturated carbocycles. The fourth-order valence-corrected chi connectivity index (χ4v) is 1.85. The lowest BCUT2D eigenvalue weighted by atomic mass is 9.92. The van der Waals surface area contributed by atoms with E-state index in [2.05, 4.69) is 5.32 Å². The van der Waals surface area contributed by atoms with Crippen molar-refractivity contribution in [1.29, 1.82) is 0 Å². The number of nitrogens with one attached hydrogen (secondary N) is 1. The maximum atomic E-state index is 9.85. The maximum Gasteiger partial charge on any atom is 0.0633 e. The molecule has 0 aliphatic carbocycles. The summed E-state index contributed by atoms with van der Waals surface area (Å²) in [4.78, 5) is 0. The Morgan fingerprint density at radius 2 is 2.14 bits per heavy atom. The average molecular weight is 212 g/mol. The van der Waals surface area contributed by atoms with Crippen LogP contribution in [0.25, 0.3) is 0 Å². The van der Waals surface area contributed by atoms with Crippen molar-refractivity contribution in [1.82, 2.24) is 5.32 Å². The van der Waals surface area contributed by atoms with E-state index in [1.165, 1.54) is 0 Å². The van der Waals surface area contributed by atoms with Crippen LogP contribution in [0.3, 0.4) is 0 Å². The van der Waals surface area contributed by atoms with Crippen LogP contribution in [0.2, 0.25) is 5.02 Å². The van der Waals surface area contributed by atoms with Crippen LogP contribution in [0.4, 0.5) is 0 Å². The van der Waals surface area contributed by atoms with Crippen LogP contribution >= 0.6 is 11.6 Å². The van der Waals surface area contributed by atoms with Gasteiger partial charge < -0.3 is 10.4 Å². The first-order valence-corrected chi connectivity index (χ1v) is 5.27. The summed E-state index contributed by atoms with van der Waals surface area (Å²) in [7, 11) is 0. The van der Waals surface area contributed by atoms with Gasteiger partial charge in [0.25, 0.3) is 0 Å². The first-order valence-electron chi connectivity index (χ1n) is 4.89. The van der Waals surface area contributed by atoms with Gasteiger partial charge in [-0.15, -0.1) is 0 Å². The van der Waals surface area contributed by atoms with E-state index in [1.807, 2.05) is 24.3 Å². The molecule has 1 saturated heterocycles. The molecule has 2 nitrogen and oxygen atoms in total. The number of aliphatic hydroxyl groups is 1. The van der Waals surface area contributed by atoms with E-state index in [4.69, 9.17) is 11.6 Å². The van der Waals surface area contributed by atoms with Gasteiger partial charge in [0.1, 0.15) is 0 Å². The van der Waals surface area contributed by atoms with Gasteiger partial charge in [-0.2, -0.15) is 0 Å². The highest BCUT2D eigenvalue weighted by Gasteiger charge is 2.25. The van der Waals surface area contributed by atoms with Gasteiger partial charge in [0.05, 0.1) is 6.10 Å². The lowest BCUT2D eigenvalue weighted by Crippen LogP contribution is -2.49. The molecule has 0 spiro atoms. The van der Waals surface area contributed by atoms with Crippen molar-refractivity contribution in [2.75, 3.05) is 13.1 Å². The Morgan fingerprint density at radius 3 is 2.71 bits per heavy atom. The lowest BCUT2D eigenvalue weighted by molar-refractivity contribution is 0.0772. The summed E-state index contributed by atoms with van der Waals surface area (Å²) in [5, 5.41) is 13.7. The smallest absolute Gasteiger partial charge is 0.0633 e. The van der Waals surface area contributed by atoms with Gasteiger partial charge in [-0.1, -0.05) is 29.8 Å². The monoisotopic (exact) mass is 211 g/mol. The third-order valence-corrected chi connectivity index (χ3v) is 3.11. The molecule has 1 aromatic rings. The number of aliphatic hydroxyl groups excluding tert-OH is 1. The van der Waals surface area contributed by atoms with Gasteiger partial charge in [-0.05, 0) is 11.6 Å². The second-order valence-electron chi connectivity index (χ2n) is 3.78. The zero-order valence-corrected chi connectivity index (χ0v) is 8.67. The van der Waals surface area contributed by atoms with E-state index >= 15 is 0 Å². The van der Waals surface area contributed by atoms with Gasteiger partial charge in [0.15, 0.2) is 0 Å². The van der Waals surface area contributed by atoms with Crippen molar-refractivity contribution in [3.63, 3.8) is 0 Å². The molecule has 2 rings (SSSR count). The topological polar surface area (TPSA) is 32.3 Å². The Labute approximate surface area is 88.9 Å². The van der Waals surface area contributed by atoms with Crippen molar-refractivity contribution < 1.29 is 5.11 Å². The lowest BCUT2D eigenvalue weighted by Gasteiger charge is -2.31. The largest absolute Gasteiger partial charge is 0.392 e. The average Bonchev–Trinajstić information content (AvgIpc) is 2.05. The minimum atomic E-state index is -0.267. The molecular formula is C11H14ClNO. The van der Waals surface area contributed by atoms with Gasteiger partial charge in [-0.3, -0.25) is 0 Å². The van der Waals surface area contributed by atoms with Gasteiger partial charge >= 0.3 is 0 Å². The summed E-state index contributed by atoms with van der Waals surface area (Å²) in [6.07, 6.45) is 0.391. The molecule has 76 valence electrons. The maximum absolute atomic E-state index is 9.85. The molecule has 1 aliphatic rings. The minimum Gasteiger partial charge on any atom is -0.392 e. The van der Waals surface area contributed by atoms with Crippen molar-refractivity contribution in [2.45, 2.75) is 12.5 Å². The van der Waals surface area contributed by atoms with Gasteiger partial charge in [0.2, 0.25) is 0 Å². The molecule has 1 atom stereocenters. The van der Waals surface area contributed by atoms with Crippen LogP contribution in [0.5, 0.6) is 0 Å². The fourth-order valence-electron chi connectivity index (χ4n) is 1.64. The molecule has 1 aliphatic heterocycles. The van der Waals surface area contributed by atoms with Crippen molar-refractivity contribution in [2.24, 2.45) is 5.92 Å². The predicted octanol–water partition coefficient (Wildman–Crippen LogP) is 1.46. The first kappa shape index (κ1) is 9.97. The summed E-state index contributed by atoms with van der Waals surface area (Å²) < 4.78 is 0. The highest BCUT2D eigenvalue weighted by molar-refractivity contribution is 6.31. The molecule has 1 fully saturated rings. The fraction of sp³-hybridized carbons (Fsp3) is 0.455. The molecule has 2 N–H and O–H groups in total. The van der Waals surface area contributed by atoms with E-state index in [1.54, 1.807) is 0 Å². The highest BCUT2D eigenvalue weighted by atomic mass is 35.5. The van der Waals surface area contributed by atoms with Crippen LogP contribution in [0.1, 0.15) is 5.56 Å². The van der Waals surface area contributed by atoms with Gasteiger partial charge in [-0.25, -0.2) is 0 Å². The Kier molecular flexibility index (Phi) is 3.06. The molecular weight excluding hydrogens is 198 g/mol. The van der Waals surface area contributed by atoms with Crippen LogP contribution in [0.15, 0.2) is 24.3 Å². The Balaban J connectivity index is 1.99. The SMILES string of the molecule is OC(Cc1ccccc1Cl)C1CNC1. The number of hydrogen-bond donors (Lipinski definition) is 2. The third kappa shape index (κ3) is 2.08. The van der Waals surface area contributed by atoms with Crippen molar-refractivity contribution >= 4 is 11.6 Å². The molecule has 0 aromatic heterocycles. The summed E-state index contributed by atoms with van der Waals surface area (Å²) in [6.45, 7) is 1.84. The van der Waals surface area contributed by atoms with E-state index in [0.29, 0.717) is 12.3 Å². The second-order valence-corrected chi connectivity index (χ2v) is 4.19. The molecule has 0 amide bonds. The number of halogens is 1. The number of benzene rings is 1. The second kappa shape index (κ2) is 4.30. The summed E-state index contributed by atoms with van der Waals surface area (Å²) in [5.41, 5.74) is 1.04. The van der Waals surface area contributed by atoms with Crippen LogP contribution in [0, 0.1) is 5.92 Å². The zero-order chi connectivity index (χ0) is 9.97. The quantitative estimate of drug-likeness (QED) is 0.794. The molecule has 0 bridgehead atoms. The van der Waals surface area contributed by atoms with Crippen LogP contribution in [-0.2, 0) is 6.42 Å². The van der Waals surface area contributed by atoms with Crippen molar-refractivity contribution in [3.05, 3.63) is 34.9 Å². The van der Waals surface area contributed by atoms with E-state index in [0.717, 1.165) is 23.7 Å². The van der Waals surface area contributed by atoms with Crippen LogP contribution in [-0.4, -0.2) is 24.3 Å². The molecule has 1 aromatic carbocycles. The third-order valence-electron chi connectivity index (χ3n) is 2.74. The Hall–Kier alpha value is -0.570. The predicted molar refractivity (Wildman–Crippen MR) is 57.5 cm³/mol. The van der Waals surface area contributed by atoms with E-state index in [-0.39, 0.29) is 6.10 Å². The number of rotatable bonds is 3. The van der Waals surface area contributed by atoms with Gasteiger partial charge in [0, 0.05) is 30.5 Å². The summed E-state index contributed by atoms with van der Waals surface area (Å²) >= 11 is 6.01. The molecule has 3 heteroatoms. The van der Waals surface area contributed by atoms with E-state index < -0.39 is 0 Å². The Morgan fingerprint density at radius 1 is 1.43 bits per heavy atom. The first-order chi connectivity index (χ1) is 6.77. The van der Waals surface area contributed by atoms with E-state index in [9.17, 15) is 5.11 Å². The zero-order valence-electron chi connectivity index (χ0n) is 7.91. The van der Waals surface area contributed by atoms with Crippen molar-refractivity contribution in [3.8, 4) is 0 Å². The summed E-state index contributed by atoms with van der Waals surface area (Å²) in [5.74, 6) is 0.395. The molecule has 14 heavy (non-hydrogen) atoms. The normalized spacial score (nSPS) is 19.0.